The van der Waals surface area contributed by atoms with Crippen molar-refractivity contribution in [1.82, 2.24) is 14.8 Å². The summed E-state index contributed by atoms with van der Waals surface area (Å²) in [7, 11) is 0. The van der Waals surface area contributed by atoms with Crippen molar-refractivity contribution in [3.8, 4) is 5.75 Å². The molecule has 2 aromatic carbocycles. The van der Waals surface area contributed by atoms with Gasteiger partial charge >= 0.3 is 0 Å². The Balaban J connectivity index is 1.70. The summed E-state index contributed by atoms with van der Waals surface area (Å²) in [4.78, 5) is 12.4. The van der Waals surface area contributed by atoms with Crippen molar-refractivity contribution >= 4 is 46.6 Å². The summed E-state index contributed by atoms with van der Waals surface area (Å²) in [5.74, 6) is 1.18. The first-order valence-electron chi connectivity index (χ1n) is 9.53. The van der Waals surface area contributed by atoms with Gasteiger partial charge in [-0.3, -0.25) is 9.36 Å². The Morgan fingerprint density at radius 2 is 2.06 bits per heavy atom. The molecule has 162 valence electrons. The van der Waals surface area contributed by atoms with Gasteiger partial charge in [-0.25, -0.2) is 0 Å². The van der Waals surface area contributed by atoms with Crippen molar-refractivity contribution < 1.29 is 9.53 Å². The van der Waals surface area contributed by atoms with Crippen LogP contribution in [0.5, 0.6) is 5.75 Å². The molecular formula is C22H22Cl2N4O2S. The van der Waals surface area contributed by atoms with E-state index >= 15 is 0 Å². The molecule has 1 aromatic heterocycles. The van der Waals surface area contributed by atoms with E-state index in [1.165, 1.54) is 11.8 Å². The van der Waals surface area contributed by atoms with Crippen molar-refractivity contribution in [2.75, 3.05) is 11.1 Å². The van der Waals surface area contributed by atoms with Crippen LogP contribution in [0.15, 0.2) is 60.3 Å². The summed E-state index contributed by atoms with van der Waals surface area (Å²) in [6, 6.07) is 12.7. The van der Waals surface area contributed by atoms with Crippen LogP contribution in [0.25, 0.3) is 0 Å². The Kier molecular flexibility index (Phi) is 8.01. The number of para-hydroxylation sites is 1. The lowest BCUT2D eigenvalue weighted by atomic mass is 10.2. The number of carbonyl (C=O) groups is 1. The third-order valence-corrected chi connectivity index (χ3v) is 5.87. The van der Waals surface area contributed by atoms with Crippen LogP contribution in [0.4, 0.5) is 5.69 Å². The molecule has 0 bridgehead atoms. The number of nitrogens with one attached hydrogen (secondary N) is 1. The fourth-order valence-electron chi connectivity index (χ4n) is 2.85. The van der Waals surface area contributed by atoms with Crippen LogP contribution < -0.4 is 10.1 Å². The lowest BCUT2D eigenvalue weighted by molar-refractivity contribution is -0.113. The van der Waals surface area contributed by atoms with Crippen LogP contribution in [0.2, 0.25) is 10.0 Å². The molecule has 0 aliphatic rings. The Bertz CT molecular complexity index is 1090. The summed E-state index contributed by atoms with van der Waals surface area (Å²) in [5.41, 5.74) is 1.80. The summed E-state index contributed by atoms with van der Waals surface area (Å²) in [5, 5.41) is 13.0. The van der Waals surface area contributed by atoms with Crippen LogP contribution >= 0.6 is 35.0 Å². The molecule has 3 rings (SSSR count). The number of thioether (sulfide) groups is 1. The number of halogens is 2. The molecule has 0 saturated heterocycles. The average molecular weight is 477 g/mol. The highest BCUT2D eigenvalue weighted by atomic mass is 35.5. The lowest BCUT2D eigenvalue weighted by Crippen LogP contribution is -2.16. The standard InChI is InChI=1S/C22H22Cl2N4O2S/c1-4-11-28-21(15(3)30-19-10-9-16(23)12-17(19)24)26-27-22(28)31-13-20(29)25-18-8-6-5-7-14(18)2/h4-10,12,15H,1,11,13H2,2-3H3,(H,25,29). The van der Waals surface area contributed by atoms with Crippen LogP contribution in [-0.2, 0) is 11.3 Å². The van der Waals surface area contributed by atoms with Crippen LogP contribution in [0.3, 0.4) is 0 Å². The van der Waals surface area contributed by atoms with Crippen LogP contribution in [0, 0.1) is 6.92 Å². The second-order valence-corrected chi connectivity index (χ2v) is 8.51. The fraction of sp³-hybridized carbons (Fsp3) is 0.227. The molecule has 31 heavy (non-hydrogen) atoms. The predicted molar refractivity (Wildman–Crippen MR) is 126 cm³/mol. The maximum absolute atomic E-state index is 12.4. The van der Waals surface area contributed by atoms with E-state index in [9.17, 15) is 4.79 Å². The maximum Gasteiger partial charge on any atom is 0.234 e. The first-order valence-corrected chi connectivity index (χ1v) is 11.3. The van der Waals surface area contributed by atoms with Gasteiger partial charge in [0, 0.05) is 17.3 Å². The molecule has 0 saturated carbocycles. The Hall–Kier alpha value is -2.48. The van der Waals surface area contributed by atoms with E-state index in [-0.39, 0.29) is 11.7 Å². The highest BCUT2D eigenvalue weighted by Crippen LogP contribution is 2.31. The van der Waals surface area contributed by atoms with E-state index in [1.54, 1.807) is 24.3 Å². The molecule has 1 heterocycles. The van der Waals surface area contributed by atoms with Gasteiger partial charge in [0.2, 0.25) is 5.91 Å². The summed E-state index contributed by atoms with van der Waals surface area (Å²) < 4.78 is 7.84. The van der Waals surface area contributed by atoms with E-state index < -0.39 is 6.10 Å². The van der Waals surface area contributed by atoms with Gasteiger partial charge in [-0.05, 0) is 43.7 Å². The maximum atomic E-state index is 12.4. The molecular weight excluding hydrogens is 455 g/mol. The SMILES string of the molecule is C=CCn1c(SCC(=O)Nc2ccccc2C)nnc1C(C)Oc1ccc(Cl)cc1Cl. The summed E-state index contributed by atoms with van der Waals surface area (Å²) >= 11 is 13.5. The van der Waals surface area contributed by atoms with Gasteiger partial charge in [0.05, 0.1) is 10.8 Å². The van der Waals surface area contributed by atoms with Gasteiger partial charge < -0.3 is 10.1 Å². The van der Waals surface area contributed by atoms with E-state index in [1.807, 2.05) is 42.7 Å². The van der Waals surface area contributed by atoms with Crippen molar-refractivity contribution in [3.63, 3.8) is 0 Å². The number of rotatable bonds is 9. The zero-order valence-electron chi connectivity index (χ0n) is 17.1. The topological polar surface area (TPSA) is 69.0 Å². The lowest BCUT2D eigenvalue weighted by Gasteiger charge is -2.16. The second kappa shape index (κ2) is 10.7. The van der Waals surface area contributed by atoms with Crippen LogP contribution in [-0.4, -0.2) is 26.4 Å². The number of allylic oxidation sites excluding steroid dienone is 1. The first kappa shape index (κ1) is 23.2. The predicted octanol–water partition coefficient (Wildman–Crippen LogP) is 5.95. The minimum absolute atomic E-state index is 0.119. The molecule has 0 fully saturated rings. The number of hydrogen-bond acceptors (Lipinski definition) is 5. The number of ether oxygens (including phenoxy) is 1. The average Bonchev–Trinajstić information content (AvgIpc) is 3.13. The van der Waals surface area contributed by atoms with Gasteiger partial charge in [0.25, 0.3) is 0 Å². The number of aromatic nitrogens is 3. The third kappa shape index (κ3) is 6.03. The van der Waals surface area contributed by atoms with Gasteiger partial charge in [0.15, 0.2) is 17.1 Å². The van der Waals surface area contributed by atoms with Crippen molar-refractivity contribution in [2.24, 2.45) is 0 Å². The molecule has 6 nitrogen and oxygen atoms in total. The fourth-order valence-corrected chi connectivity index (χ4v) is 4.06. The van der Waals surface area contributed by atoms with Gasteiger partial charge in [-0.1, -0.05) is 59.2 Å². The molecule has 0 aliphatic carbocycles. The first-order chi connectivity index (χ1) is 14.9. The Morgan fingerprint density at radius 1 is 1.29 bits per heavy atom. The van der Waals surface area contributed by atoms with E-state index in [4.69, 9.17) is 27.9 Å². The largest absolute Gasteiger partial charge is 0.481 e. The Morgan fingerprint density at radius 3 is 2.77 bits per heavy atom. The highest BCUT2D eigenvalue weighted by Gasteiger charge is 2.20. The molecule has 1 unspecified atom stereocenters. The van der Waals surface area contributed by atoms with Crippen molar-refractivity contribution in [1.29, 1.82) is 0 Å². The number of anilines is 1. The molecule has 0 radical (unpaired) electrons. The molecule has 1 N–H and O–H groups in total. The van der Waals surface area contributed by atoms with E-state index in [0.29, 0.717) is 33.3 Å². The third-order valence-electron chi connectivity index (χ3n) is 4.37. The molecule has 3 aromatic rings. The molecule has 9 heteroatoms. The van der Waals surface area contributed by atoms with Crippen LogP contribution in [0.1, 0.15) is 24.4 Å². The van der Waals surface area contributed by atoms with Crippen molar-refractivity contribution in [3.05, 3.63) is 76.6 Å². The normalized spacial score (nSPS) is 11.7. The highest BCUT2D eigenvalue weighted by molar-refractivity contribution is 7.99. The van der Waals surface area contributed by atoms with E-state index in [2.05, 4.69) is 22.1 Å². The summed E-state index contributed by atoms with van der Waals surface area (Å²) in [6.45, 7) is 8.09. The van der Waals surface area contributed by atoms with Gasteiger partial charge in [-0.15, -0.1) is 16.8 Å². The minimum atomic E-state index is -0.429. The quantitative estimate of drug-likeness (QED) is 0.305. The zero-order valence-corrected chi connectivity index (χ0v) is 19.5. The molecule has 0 spiro atoms. The molecule has 1 amide bonds. The van der Waals surface area contributed by atoms with Gasteiger partial charge in [0.1, 0.15) is 5.75 Å². The number of hydrogen-bond donors (Lipinski definition) is 1. The summed E-state index contributed by atoms with van der Waals surface area (Å²) in [6.07, 6.45) is 1.31. The minimum Gasteiger partial charge on any atom is -0.481 e. The number of carbonyl (C=O) groups excluding carboxylic acids is 1. The Labute approximate surface area is 195 Å². The number of benzene rings is 2. The van der Waals surface area contributed by atoms with E-state index in [0.717, 1.165) is 11.3 Å². The number of amides is 1. The zero-order chi connectivity index (χ0) is 22.4. The smallest absolute Gasteiger partial charge is 0.234 e. The van der Waals surface area contributed by atoms with Gasteiger partial charge in [-0.2, -0.15) is 0 Å². The number of nitrogens with zero attached hydrogens (tertiary/aromatic N) is 3. The second-order valence-electron chi connectivity index (χ2n) is 6.73. The monoisotopic (exact) mass is 476 g/mol. The van der Waals surface area contributed by atoms with Crippen molar-refractivity contribution in [2.45, 2.75) is 31.7 Å². The number of aryl methyl sites for hydroxylation is 1. The molecule has 1 atom stereocenters. The molecule has 0 aliphatic heterocycles.